The largest absolute Gasteiger partial charge is 0.316 e. The molecule has 5 heteroatoms. The van der Waals surface area contributed by atoms with E-state index in [4.69, 9.17) is 23.2 Å². The van der Waals surface area contributed by atoms with Gasteiger partial charge in [-0.1, -0.05) is 47.5 Å². The number of hydrogen-bond acceptors (Lipinski definition) is 2. The normalized spacial score (nSPS) is 10.6. The second-order valence-electron chi connectivity index (χ2n) is 5.27. The molecule has 0 radical (unpaired) electrons. The predicted octanol–water partition coefficient (Wildman–Crippen LogP) is 4.18. The van der Waals surface area contributed by atoms with Crippen LogP contribution in [0.25, 0.3) is 0 Å². The van der Waals surface area contributed by atoms with Crippen LogP contribution < -0.4 is 10.2 Å². The van der Waals surface area contributed by atoms with Crippen LogP contribution in [0.1, 0.15) is 12.0 Å². The molecular formula is C18H20Cl2N2O. The Morgan fingerprint density at radius 3 is 2.52 bits per heavy atom. The standard InChI is InChI=1S/C18H20Cl2N2O/c1-22(16-5-3-2-4-6-16)18(23)10-12-21-11-9-14-7-8-15(19)13-17(14)20/h2-8,13,21H,9-12H2,1H3. The summed E-state index contributed by atoms with van der Waals surface area (Å²) in [7, 11) is 1.80. The number of anilines is 1. The van der Waals surface area contributed by atoms with Gasteiger partial charge in [0.25, 0.3) is 0 Å². The predicted molar refractivity (Wildman–Crippen MR) is 97.5 cm³/mol. The van der Waals surface area contributed by atoms with Crippen LogP contribution >= 0.6 is 23.2 Å². The average molecular weight is 351 g/mol. The zero-order valence-corrected chi connectivity index (χ0v) is 14.6. The Morgan fingerprint density at radius 2 is 1.83 bits per heavy atom. The number of carbonyl (C=O) groups is 1. The van der Waals surface area contributed by atoms with E-state index in [1.807, 2.05) is 42.5 Å². The van der Waals surface area contributed by atoms with Crippen molar-refractivity contribution in [3.63, 3.8) is 0 Å². The van der Waals surface area contributed by atoms with Gasteiger partial charge in [0.2, 0.25) is 5.91 Å². The zero-order valence-electron chi connectivity index (χ0n) is 13.1. The molecule has 0 atom stereocenters. The molecular weight excluding hydrogens is 331 g/mol. The third-order valence-corrected chi connectivity index (χ3v) is 4.21. The van der Waals surface area contributed by atoms with E-state index >= 15 is 0 Å². The number of halogens is 2. The lowest BCUT2D eigenvalue weighted by Crippen LogP contribution is -2.30. The van der Waals surface area contributed by atoms with Crippen molar-refractivity contribution in [1.29, 1.82) is 0 Å². The van der Waals surface area contributed by atoms with Crippen LogP contribution in [0, 0.1) is 0 Å². The number of nitrogens with one attached hydrogen (secondary N) is 1. The van der Waals surface area contributed by atoms with Gasteiger partial charge >= 0.3 is 0 Å². The molecule has 0 saturated carbocycles. The molecule has 0 aliphatic rings. The fraction of sp³-hybridized carbons (Fsp3) is 0.278. The second kappa shape index (κ2) is 8.92. The lowest BCUT2D eigenvalue weighted by molar-refractivity contribution is -0.118. The van der Waals surface area contributed by atoms with Gasteiger partial charge in [-0.2, -0.15) is 0 Å². The number of para-hydroxylation sites is 1. The minimum atomic E-state index is 0.0909. The molecule has 0 saturated heterocycles. The van der Waals surface area contributed by atoms with Crippen molar-refractivity contribution in [3.05, 3.63) is 64.1 Å². The quantitative estimate of drug-likeness (QED) is 0.759. The third kappa shape index (κ3) is 5.54. The maximum atomic E-state index is 12.1. The van der Waals surface area contributed by atoms with Crippen LogP contribution in [0.5, 0.6) is 0 Å². The molecule has 0 heterocycles. The van der Waals surface area contributed by atoms with E-state index in [1.165, 1.54) is 0 Å². The summed E-state index contributed by atoms with van der Waals surface area (Å²) < 4.78 is 0. The van der Waals surface area contributed by atoms with Crippen LogP contribution in [0.2, 0.25) is 10.0 Å². The highest BCUT2D eigenvalue weighted by molar-refractivity contribution is 6.35. The van der Waals surface area contributed by atoms with E-state index in [0.29, 0.717) is 23.0 Å². The Balaban J connectivity index is 1.70. The SMILES string of the molecule is CN(C(=O)CCNCCc1ccc(Cl)cc1Cl)c1ccccc1. The minimum absolute atomic E-state index is 0.0909. The Labute approximate surface area is 147 Å². The van der Waals surface area contributed by atoms with Gasteiger partial charge in [0.05, 0.1) is 0 Å². The summed E-state index contributed by atoms with van der Waals surface area (Å²) in [4.78, 5) is 13.8. The topological polar surface area (TPSA) is 32.3 Å². The smallest absolute Gasteiger partial charge is 0.227 e. The van der Waals surface area contributed by atoms with Crippen LogP contribution in [-0.2, 0) is 11.2 Å². The molecule has 2 rings (SSSR count). The lowest BCUT2D eigenvalue weighted by Gasteiger charge is -2.17. The number of amides is 1. The Morgan fingerprint density at radius 1 is 1.09 bits per heavy atom. The molecule has 1 N–H and O–H groups in total. The number of rotatable bonds is 7. The highest BCUT2D eigenvalue weighted by Gasteiger charge is 2.09. The lowest BCUT2D eigenvalue weighted by atomic mass is 10.1. The molecule has 0 fully saturated rings. The molecule has 0 unspecified atom stereocenters. The van der Waals surface area contributed by atoms with Gasteiger partial charge in [0, 0.05) is 35.7 Å². The summed E-state index contributed by atoms with van der Waals surface area (Å²) in [6.45, 7) is 1.41. The highest BCUT2D eigenvalue weighted by atomic mass is 35.5. The van der Waals surface area contributed by atoms with Crippen LogP contribution in [0.15, 0.2) is 48.5 Å². The van der Waals surface area contributed by atoms with Gasteiger partial charge in [-0.05, 0) is 42.8 Å². The molecule has 2 aromatic carbocycles. The van der Waals surface area contributed by atoms with E-state index < -0.39 is 0 Å². The maximum absolute atomic E-state index is 12.1. The van der Waals surface area contributed by atoms with Crippen LogP contribution in [0.3, 0.4) is 0 Å². The summed E-state index contributed by atoms with van der Waals surface area (Å²) in [5.41, 5.74) is 1.96. The number of benzene rings is 2. The van der Waals surface area contributed by atoms with Gasteiger partial charge in [-0.25, -0.2) is 0 Å². The van der Waals surface area contributed by atoms with E-state index in [-0.39, 0.29) is 5.91 Å². The summed E-state index contributed by atoms with van der Waals surface area (Å²) in [6.07, 6.45) is 1.26. The van der Waals surface area contributed by atoms with Crippen LogP contribution in [0.4, 0.5) is 5.69 Å². The molecule has 1 amide bonds. The highest BCUT2D eigenvalue weighted by Crippen LogP contribution is 2.21. The minimum Gasteiger partial charge on any atom is -0.316 e. The Kier molecular flexibility index (Phi) is 6.90. The molecule has 0 bridgehead atoms. The Bertz CT molecular complexity index is 647. The van der Waals surface area contributed by atoms with E-state index in [0.717, 1.165) is 24.2 Å². The number of hydrogen-bond donors (Lipinski definition) is 1. The molecule has 3 nitrogen and oxygen atoms in total. The van der Waals surface area contributed by atoms with Crippen molar-refractivity contribution >= 4 is 34.8 Å². The average Bonchev–Trinajstić information content (AvgIpc) is 2.56. The summed E-state index contributed by atoms with van der Waals surface area (Å²) >= 11 is 12.0. The molecule has 0 aliphatic heterocycles. The molecule has 0 spiro atoms. The molecule has 23 heavy (non-hydrogen) atoms. The van der Waals surface area contributed by atoms with Crippen molar-refractivity contribution in [2.45, 2.75) is 12.8 Å². The zero-order chi connectivity index (χ0) is 16.7. The van der Waals surface area contributed by atoms with Gasteiger partial charge < -0.3 is 10.2 Å². The fourth-order valence-electron chi connectivity index (χ4n) is 2.23. The monoisotopic (exact) mass is 350 g/mol. The van der Waals surface area contributed by atoms with Crippen molar-refractivity contribution in [2.75, 3.05) is 25.0 Å². The Hall–Kier alpha value is -1.55. The van der Waals surface area contributed by atoms with Gasteiger partial charge in [0.15, 0.2) is 0 Å². The van der Waals surface area contributed by atoms with Gasteiger partial charge in [-0.3, -0.25) is 4.79 Å². The first kappa shape index (κ1) is 17.8. The summed E-state index contributed by atoms with van der Waals surface area (Å²) in [5, 5.41) is 4.59. The van der Waals surface area contributed by atoms with E-state index in [1.54, 1.807) is 18.0 Å². The maximum Gasteiger partial charge on any atom is 0.227 e. The molecule has 122 valence electrons. The first-order valence-electron chi connectivity index (χ1n) is 7.54. The molecule has 0 aliphatic carbocycles. The summed E-state index contributed by atoms with van der Waals surface area (Å²) in [6, 6.07) is 15.1. The van der Waals surface area contributed by atoms with Crippen molar-refractivity contribution in [2.24, 2.45) is 0 Å². The molecule has 2 aromatic rings. The van der Waals surface area contributed by atoms with E-state index in [9.17, 15) is 4.79 Å². The summed E-state index contributed by atoms with van der Waals surface area (Å²) in [5.74, 6) is 0.0909. The van der Waals surface area contributed by atoms with E-state index in [2.05, 4.69) is 5.32 Å². The van der Waals surface area contributed by atoms with Gasteiger partial charge in [-0.15, -0.1) is 0 Å². The van der Waals surface area contributed by atoms with Gasteiger partial charge in [0.1, 0.15) is 0 Å². The van der Waals surface area contributed by atoms with Crippen molar-refractivity contribution < 1.29 is 4.79 Å². The first-order valence-corrected chi connectivity index (χ1v) is 8.30. The molecule has 0 aromatic heterocycles. The number of nitrogens with zero attached hydrogens (tertiary/aromatic N) is 1. The van der Waals surface area contributed by atoms with Crippen molar-refractivity contribution in [3.8, 4) is 0 Å². The third-order valence-electron chi connectivity index (χ3n) is 3.62. The van der Waals surface area contributed by atoms with Crippen molar-refractivity contribution in [1.82, 2.24) is 5.32 Å². The fourth-order valence-corrected chi connectivity index (χ4v) is 2.73. The van der Waals surface area contributed by atoms with Crippen LogP contribution in [-0.4, -0.2) is 26.0 Å². The number of carbonyl (C=O) groups excluding carboxylic acids is 1. The second-order valence-corrected chi connectivity index (χ2v) is 6.12. The first-order chi connectivity index (χ1) is 11.1.